The van der Waals surface area contributed by atoms with Crippen LogP contribution in [0.3, 0.4) is 0 Å². The molecule has 0 spiro atoms. The first kappa shape index (κ1) is 26.5. The van der Waals surface area contributed by atoms with E-state index >= 15 is 0 Å². The molecule has 0 bridgehead atoms. The van der Waals surface area contributed by atoms with Crippen molar-refractivity contribution >= 4 is 21.9 Å². The Morgan fingerprint density at radius 1 is 0.435 bits per heavy atom. The smallest absolute Gasteiger partial charge is 0.164 e. The molecule has 46 heavy (non-hydrogen) atoms. The van der Waals surface area contributed by atoms with Crippen LogP contribution in [0.15, 0.2) is 144 Å². The summed E-state index contributed by atoms with van der Waals surface area (Å²) < 4.78 is 6.30. The van der Waals surface area contributed by atoms with Gasteiger partial charge < -0.3 is 4.42 Å². The lowest BCUT2D eigenvalue weighted by atomic mass is 9.78. The predicted octanol–water partition coefficient (Wildman–Crippen LogP) is 10.7. The minimum Gasteiger partial charge on any atom is -0.456 e. The Labute approximate surface area is 267 Å². The molecule has 1 aliphatic carbocycles. The Hall–Kier alpha value is -5.87. The van der Waals surface area contributed by atoms with Crippen LogP contribution in [-0.2, 0) is 5.41 Å². The third-order valence-corrected chi connectivity index (χ3v) is 9.30. The van der Waals surface area contributed by atoms with Crippen molar-refractivity contribution in [3.8, 4) is 56.4 Å². The molecule has 4 nitrogen and oxygen atoms in total. The molecular weight excluding hydrogens is 562 g/mol. The highest BCUT2D eigenvalue weighted by Gasteiger charge is 2.38. The van der Waals surface area contributed by atoms with Gasteiger partial charge >= 0.3 is 0 Å². The average Bonchev–Trinajstić information content (AvgIpc) is 3.59. The summed E-state index contributed by atoms with van der Waals surface area (Å²) in [7, 11) is 0. The lowest BCUT2D eigenvalue weighted by molar-refractivity contribution is 0.659. The van der Waals surface area contributed by atoms with E-state index in [0.29, 0.717) is 17.5 Å². The lowest BCUT2D eigenvalue weighted by Gasteiger charge is -2.24. The molecule has 0 N–H and O–H groups in total. The number of nitrogens with zero attached hydrogens (tertiary/aromatic N) is 3. The van der Waals surface area contributed by atoms with Crippen molar-refractivity contribution in [2.24, 2.45) is 0 Å². The van der Waals surface area contributed by atoms with Crippen LogP contribution >= 0.6 is 0 Å². The van der Waals surface area contributed by atoms with Gasteiger partial charge in [-0.15, -0.1) is 0 Å². The van der Waals surface area contributed by atoms with E-state index in [1.807, 2.05) is 72.8 Å². The van der Waals surface area contributed by atoms with Crippen molar-refractivity contribution in [1.82, 2.24) is 15.0 Å². The second-order valence-corrected chi connectivity index (χ2v) is 12.5. The van der Waals surface area contributed by atoms with E-state index in [2.05, 4.69) is 80.6 Å². The minimum absolute atomic E-state index is 0.210. The number of benzene rings is 6. The largest absolute Gasteiger partial charge is 0.456 e. The molecule has 9 rings (SSSR count). The van der Waals surface area contributed by atoms with Crippen LogP contribution in [0.1, 0.15) is 25.0 Å². The van der Waals surface area contributed by atoms with E-state index in [4.69, 9.17) is 19.4 Å². The summed E-state index contributed by atoms with van der Waals surface area (Å²) >= 11 is 0. The number of furan rings is 1. The Balaban J connectivity index is 1.20. The molecule has 0 saturated heterocycles. The maximum atomic E-state index is 6.30. The summed E-state index contributed by atoms with van der Waals surface area (Å²) in [6.07, 6.45) is 0. The molecule has 4 heteroatoms. The molecule has 0 amide bonds. The first-order chi connectivity index (χ1) is 22.5. The lowest BCUT2D eigenvalue weighted by Crippen LogP contribution is -2.16. The van der Waals surface area contributed by atoms with Gasteiger partial charge in [-0.25, -0.2) is 15.0 Å². The standard InChI is InChI=1S/C42H29N3O/c1-42(2)35-24-34-31-19-9-10-22-36(31)46-37(34)25-33(35)32-21-12-20-30(38(32)42)28-17-11-18-29(23-28)41-44-39(26-13-5-3-6-14-26)43-40(45-41)27-15-7-4-8-16-27/h3-25H,1-2H3. The average molecular weight is 592 g/mol. The molecule has 0 radical (unpaired) electrons. The number of para-hydroxylation sites is 1. The molecule has 0 atom stereocenters. The number of hydrogen-bond donors (Lipinski definition) is 0. The van der Waals surface area contributed by atoms with Crippen LogP contribution in [0.2, 0.25) is 0 Å². The molecule has 218 valence electrons. The molecule has 2 heterocycles. The molecule has 0 fully saturated rings. The molecule has 1 aliphatic rings. The first-order valence-electron chi connectivity index (χ1n) is 15.6. The highest BCUT2D eigenvalue weighted by Crippen LogP contribution is 2.53. The van der Waals surface area contributed by atoms with Gasteiger partial charge in [0.25, 0.3) is 0 Å². The SMILES string of the molecule is CC1(C)c2cc3c(cc2-c2cccc(-c4cccc(-c5nc(-c6ccccc6)nc(-c6ccccc6)n5)c4)c21)oc1ccccc13. The van der Waals surface area contributed by atoms with Crippen molar-refractivity contribution in [1.29, 1.82) is 0 Å². The Kier molecular flexibility index (Phi) is 5.81. The molecule has 2 aromatic heterocycles. The van der Waals surface area contributed by atoms with Crippen molar-refractivity contribution < 1.29 is 4.42 Å². The van der Waals surface area contributed by atoms with Gasteiger partial charge in [0.15, 0.2) is 17.5 Å². The number of hydrogen-bond acceptors (Lipinski definition) is 4. The Bertz CT molecular complexity index is 2380. The van der Waals surface area contributed by atoms with Crippen LogP contribution in [0.4, 0.5) is 0 Å². The highest BCUT2D eigenvalue weighted by atomic mass is 16.3. The second kappa shape index (κ2) is 10.1. The number of rotatable bonds is 4. The summed E-state index contributed by atoms with van der Waals surface area (Å²) in [5.41, 5.74) is 12.0. The van der Waals surface area contributed by atoms with Crippen LogP contribution in [0.5, 0.6) is 0 Å². The van der Waals surface area contributed by atoms with Gasteiger partial charge in [-0.1, -0.05) is 129 Å². The summed E-state index contributed by atoms with van der Waals surface area (Å²) in [5, 5.41) is 2.32. The van der Waals surface area contributed by atoms with Crippen LogP contribution in [-0.4, -0.2) is 15.0 Å². The van der Waals surface area contributed by atoms with E-state index in [1.54, 1.807) is 0 Å². The van der Waals surface area contributed by atoms with Crippen molar-refractivity contribution in [2.75, 3.05) is 0 Å². The van der Waals surface area contributed by atoms with Gasteiger partial charge in [-0.2, -0.15) is 0 Å². The fraction of sp³-hybridized carbons (Fsp3) is 0.0714. The fourth-order valence-electron chi connectivity index (χ4n) is 7.10. The molecule has 0 aliphatic heterocycles. The number of fused-ring (bicyclic) bond motifs is 6. The molecule has 6 aromatic carbocycles. The van der Waals surface area contributed by atoms with E-state index in [-0.39, 0.29) is 5.41 Å². The zero-order valence-corrected chi connectivity index (χ0v) is 25.5. The first-order valence-corrected chi connectivity index (χ1v) is 15.6. The van der Waals surface area contributed by atoms with Gasteiger partial charge in [0.1, 0.15) is 11.2 Å². The normalized spacial score (nSPS) is 13.2. The molecule has 0 unspecified atom stereocenters. The van der Waals surface area contributed by atoms with Crippen LogP contribution in [0.25, 0.3) is 78.4 Å². The number of aromatic nitrogens is 3. The fourth-order valence-corrected chi connectivity index (χ4v) is 7.10. The van der Waals surface area contributed by atoms with Gasteiger partial charge in [-0.05, 0) is 57.6 Å². The van der Waals surface area contributed by atoms with Gasteiger partial charge in [-0.3, -0.25) is 0 Å². The van der Waals surface area contributed by atoms with E-state index < -0.39 is 0 Å². The van der Waals surface area contributed by atoms with Crippen molar-refractivity contribution in [2.45, 2.75) is 19.3 Å². The third-order valence-electron chi connectivity index (χ3n) is 9.30. The van der Waals surface area contributed by atoms with Gasteiger partial charge in [0.2, 0.25) is 0 Å². The summed E-state index contributed by atoms with van der Waals surface area (Å²) in [6, 6.07) is 48.3. The highest BCUT2D eigenvalue weighted by molar-refractivity contribution is 6.07. The zero-order chi connectivity index (χ0) is 30.8. The molecular formula is C42H29N3O. The van der Waals surface area contributed by atoms with Crippen molar-refractivity contribution in [3.05, 3.63) is 151 Å². The summed E-state index contributed by atoms with van der Waals surface area (Å²) in [6.45, 7) is 4.67. The monoisotopic (exact) mass is 591 g/mol. The molecule has 8 aromatic rings. The zero-order valence-electron chi connectivity index (χ0n) is 25.5. The molecule has 0 saturated carbocycles. The van der Waals surface area contributed by atoms with Crippen LogP contribution in [0, 0.1) is 0 Å². The summed E-state index contributed by atoms with van der Waals surface area (Å²) in [5.74, 6) is 1.96. The van der Waals surface area contributed by atoms with Gasteiger partial charge in [0, 0.05) is 32.9 Å². The minimum atomic E-state index is -0.210. The maximum Gasteiger partial charge on any atom is 0.164 e. The Morgan fingerprint density at radius 3 is 1.72 bits per heavy atom. The topological polar surface area (TPSA) is 51.8 Å². The van der Waals surface area contributed by atoms with E-state index in [9.17, 15) is 0 Å². The maximum absolute atomic E-state index is 6.30. The predicted molar refractivity (Wildman–Crippen MR) is 186 cm³/mol. The van der Waals surface area contributed by atoms with Gasteiger partial charge in [0.05, 0.1) is 0 Å². The van der Waals surface area contributed by atoms with Crippen LogP contribution < -0.4 is 0 Å². The van der Waals surface area contributed by atoms with E-state index in [0.717, 1.165) is 44.2 Å². The summed E-state index contributed by atoms with van der Waals surface area (Å²) in [4.78, 5) is 14.8. The van der Waals surface area contributed by atoms with E-state index in [1.165, 1.54) is 27.8 Å². The third kappa shape index (κ3) is 4.11. The Morgan fingerprint density at radius 2 is 1.00 bits per heavy atom. The quantitative estimate of drug-likeness (QED) is 0.204. The second-order valence-electron chi connectivity index (χ2n) is 12.5. The van der Waals surface area contributed by atoms with Crippen molar-refractivity contribution in [3.63, 3.8) is 0 Å².